The van der Waals surface area contributed by atoms with Crippen molar-refractivity contribution in [3.05, 3.63) is 65.7 Å². The molecule has 34 heavy (non-hydrogen) atoms. The number of rotatable bonds is 7. The average molecular weight is 463 g/mol. The van der Waals surface area contributed by atoms with Crippen LogP contribution in [0.3, 0.4) is 0 Å². The third-order valence-corrected chi connectivity index (χ3v) is 6.36. The molecule has 4 rings (SSSR count). The van der Waals surface area contributed by atoms with Crippen molar-refractivity contribution >= 4 is 22.6 Å². The minimum Gasteiger partial charge on any atom is -0.493 e. The van der Waals surface area contributed by atoms with Gasteiger partial charge in [-0.05, 0) is 47.4 Å². The van der Waals surface area contributed by atoms with E-state index in [4.69, 9.17) is 14.2 Å². The van der Waals surface area contributed by atoms with E-state index in [1.807, 2.05) is 59.5 Å². The number of fused-ring (bicyclic) bond motifs is 1. The van der Waals surface area contributed by atoms with E-state index in [2.05, 4.69) is 5.32 Å². The highest BCUT2D eigenvalue weighted by atomic mass is 16.5. The van der Waals surface area contributed by atoms with Crippen LogP contribution in [0.5, 0.6) is 17.2 Å². The lowest BCUT2D eigenvalue weighted by molar-refractivity contribution is -0.126. The van der Waals surface area contributed by atoms with Crippen molar-refractivity contribution in [2.45, 2.75) is 19.4 Å². The molecule has 1 heterocycles. The van der Waals surface area contributed by atoms with E-state index in [1.165, 1.54) is 0 Å². The third kappa shape index (κ3) is 4.78. The summed E-state index contributed by atoms with van der Waals surface area (Å²) in [4.78, 5) is 27.8. The molecule has 0 aromatic heterocycles. The van der Waals surface area contributed by atoms with E-state index < -0.39 is 0 Å². The number of hydrogen-bond donors (Lipinski definition) is 1. The van der Waals surface area contributed by atoms with E-state index in [9.17, 15) is 9.59 Å². The van der Waals surface area contributed by atoms with Gasteiger partial charge in [-0.15, -0.1) is 0 Å². The molecule has 1 N–H and O–H groups in total. The van der Waals surface area contributed by atoms with Crippen molar-refractivity contribution < 1.29 is 23.8 Å². The second-order valence-electron chi connectivity index (χ2n) is 8.34. The number of hydrogen-bond acceptors (Lipinski definition) is 5. The first-order chi connectivity index (χ1) is 16.5. The normalized spacial score (nSPS) is 14.0. The number of carbonyl (C=O) groups excluding carboxylic acids is 2. The Morgan fingerprint density at radius 1 is 0.912 bits per heavy atom. The Bertz CT molecular complexity index is 1150. The fourth-order valence-corrected chi connectivity index (χ4v) is 4.50. The summed E-state index contributed by atoms with van der Waals surface area (Å²) in [6.07, 6.45) is 1.27. The Kier molecular flexibility index (Phi) is 7.21. The van der Waals surface area contributed by atoms with Gasteiger partial charge in [0.15, 0.2) is 11.5 Å². The van der Waals surface area contributed by atoms with Crippen LogP contribution in [0.1, 0.15) is 28.8 Å². The van der Waals surface area contributed by atoms with E-state index >= 15 is 0 Å². The standard InChI is InChI=1S/C27H30N2O5/c1-32-23-15-18(16-24(33-2)25(23)34-3)17-28-26(30)20-11-13-29(14-12-20)27(31)22-10-6-8-19-7-4-5-9-21(19)22/h4-10,15-16,20H,11-14,17H2,1-3H3,(H,28,30). The maximum absolute atomic E-state index is 13.2. The Balaban J connectivity index is 1.35. The summed E-state index contributed by atoms with van der Waals surface area (Å²) < 4.78 is 16.1. The molecule has 0 aliphatic carbocycles. The van der Waals surface area contributed by atoms with Crippen molar-refractivity contribution in [1.29, 1.82) is 0 Å². The van der Waals surface area contributed by atoms with Crippen LogP contribution in [-0.2, 0) is 11.3 Å². The summed E-state index contributed by atoms with van der Waals surface area (Å²) in [6.45, 7) is 1.47. The van der Waals surface area contributed by atoms with E-state index in [-0.39, 0.29) is 17.7 Å². The number of nitrogens with zero attached hydrogens (tertiary/aromatic N) is 1. The molecular formula is C27H30N2O5. The fraction of sp³-hybridized carbons (Fsp3) is 0.333. The van der Waals surface area contributed by atoms with Gasteiger partial charge in [0.2, 0.25) is 11.7 Å². The molecule has 178 valence electrons. The summed E-state index contributed by atoms with van der Waals surface area (Å²) in [5, 5.41) is 5.02. The van der Waals surface area contributed by atoms with Crippen molar-refractivity contribution in [3.63, 3.8) is 0 Å². The summed E-state index contributed by atoms with van der Waals surface area (Å²) >= 11 is 0. The molecule has 1 fully saturated rings. The lowest BCUT2D eigenvalue weighted by Crippen LogP contribution is -2.43. The SMILES string of the molecule is COc1cc(CNC(=O)C2CCN(C(=O)c3cccc4ccccc34)CC2)cc(OC)c1OC. The lowest BCUT2D eigenvalue weighted by Gasteiger charge is -2.31. The zero-order chi connectivity index (χ0) is 24.1. The molecule has 1 saturated heterocycles. The average Bonchev–Trinajstić information content (AvgIpc) is 2.90. The summed E-state index contributed by atoms with van der Waals surface area (Å²) in [7, 11) is 4.68. The summed E-state index contributed by atoms with van der Waals surface area (Å²) in [5.41, 5.74) is 1.56. The molecule has 1 aliphatic rings. The van der Waals surface area contributed by atoms with Gasteiger partial charge in [-0.2, -0.15) is 0 Å². The van der Waals surface area contributed by atoms with Crippen LogP contribution in [0.25, 0.3) is 10.8 Å². The van der Waals surface area contributed by atoms with Crippen LogP contribution in [0.15, 0.2) is 54.6 Å². The number of amides is 2. The Morgan fingerprint density at radius 3 is 2.21 bits per heavy atom. The van der Waals surface area contributed by atoms with Gasteiger partial charge in [0.25, 0.3) is 5.91 Å². The van der Waals surface area contributed by atoms with Gasteiger partial charge in [0.05, 0.1) is 21.3 Å². The number of piperidine rings is 1. The second kappa shape index (κ2) is 10.5. The first-order valence-corrected chi connectivity index (χ1v) is 11.4. The Hall–Kier alpha value is -3.74. The molecule has 3 aromatic rings. The predicted molar refractivity (Wildman–Crippen MR) is 131 cm³/mol. The first-order valence-electron chi connectivity index (χ1n) is 11.4. The molecule has 2 amide bonds. The molecule has 0 spiro atoms. The zero-order valence-corrected chi connectivity index (χ0v) is 19.8. The van der Waals surface area contributed by atoms with E-state index in [0.717, 1.165) is 16.3 Å². The van der Waals surface area contributed by atoms with Gasteiger partial charge in [0, 0.05) is 31.1 Å². The van der Waals surface area contributed by atoms with Crippen molar-refractivity contribution in [2.75, 3.05) is 34.4 Å². The minimum absolute atomic E-state index is 0.00832. The highest BCUT2D eigenvalue weighted by molar-refractivity contribution is 6.07. The van der Waals surface area contributed by atoms with Crippen LogP contribution in [0, 0.1) is 5.92 Å². The lowest BCUT2D eigenvalue weighted by atomic mass is 9.94. The molecule has 7 nitrogen and oxygen atoms in total. The van der Waals surface area contributed by atoms with Crippen LogP contribution in [0.4, 0.5) is 0 Å². The quantitative estimate of drug-likeness (QED) is 0.574. The van der Waals surface area contributed by atoms with Crippen LogP contribution < -0.4 is 19.5 Å². The van der Waals surface area contributed by atoms with Crippen molar-refractivity contribution in [3.8, 4) is 17.2 Å². The highest BCUT2D eigenvalue weighted by Gasteiger charge is 2.28. The highest BCUT2D eigenvalue weighted by Crippen LogP contribution is 2.38. The topological polar surface area (TPSA) is 77.1 Å². The smallest absolute Gasteiger partial charge is 0.254 e. The van der Waals surface area contributed by atoms with Crippen LogP contribution in [0.2, 0.25) is 0 Å². The maximum Gasteiger partial charge on any atom is 0.254 e. The second-order valence-corrected chi connectivity index (χ2v) is 8.34. The molecule has 7 heteroatoms. The van der Waals surface area contributed by atoms with E-state index in [0.29, 0.717) is 55.3 Å². The number of likely N-dealkylation sites (tertiary alicyclic amines) is 1. The summed E-state index contributed by atoms with van der Waals surface area (Å²) in [6, 6.07) is 17.4. The number of carbonyl (C=O) groups is 2. The van der Waals surface area contributed by atoms with E-state index in [1.54, 1.807) is 21.3 Å². The van der Waals surface area contributed by atoms with Gasteiger partial charge in [0.1, 0.15) is 0 Å². The minimum atomic E-state index is -0.126. The number of nitrogens with one attached hydrogen (secondary N) is 1. The molecule has 0 radical (unpaired) electrons. The van der Waals surface area contributed by atoms with Crippen LogP contribution >= 0.6 is 0 Å². The number of methoxy groups -OCH3 is 3. The molecule has 1 aliphatic heterocycles. The van der Waals surface area contributed by atoms with Gasteiger partial charge >= 0.3 is 0 Å². The number of benzene rings is 3. The molecular weight excluding hydrogens is 432 g/mol. The fourth-order valence-electron chi connectivity index (χ4n) is 4.50. The van der Waals surface area contributed by atoms with Crippen molar-refractivity contribution in [1.82, 2.24) is 10.2 Å². The molecule has 0 unspecified atom stereocenters. The van der Waals surface area contributed by atoms with Gasteiger partial charge in [-0.3, -0.25) is 9.59 Å². The Morgan fingerprint density at radius 2 is 1.56 bits per heavy atom. The monoisotopic (exact) mass is 462 g/mol. The van der Waals surface area contributed by atoms with Crippen LogP contribution in [-0.4, -0.2) is 51.1 Å². The van der Waals surface area contributed by atoms with Gasteiger partial charge in [-0.25, -0.2) is 0 Å². The number of ether oxygens (including phenoxy) is 3. The Labute approximate surface area is 199 Å². The molecule has 3 aromatic carbocycles. The molecule has 0 bridgehead atoms. The van der Waals surface area contributed by atoms with Gasteiger partial charge < -0.3 is 24.4 Å². The van der Waals surface area contributed by atoms with Gasteiger partial charge in [-0.1, -0.05) is 36.4 Å². The maximum atomic E-state index is 13.2. The third-order valence-electron chi connectivity index (χ3n) is 6.36. The largest absolute Gasteiger partial charge is 0.493 e. The predicted octanol–water partition coefficient (Wildman–Crippen LogP) is 4.03. The molecule has 0 atom stereocenters. The summed E-state index contributed by atoms with van der Waals surface area (Å²) in [5.74, 6) is 1.50. The first kappa shape index (κ1) is 23.4. The zero-order valence-electron chi connectivity index (χ0n) is 19.8. The molecule has 0 saturated carbocycles. The van der Waals surface area contributed by atoms with Crippen molar-refractivity contribution in [2.24, 2.45) is 5.92 Å².